The van der Waals surface area contributed by atoms with Crippen LogP contribution in [0.25, 0.3) is 0 Å². The van der Waals surface area contributed by atoms with Gasteiger partial charge in [0.1, 0.15) is 0 Å². The van der Waals surface area contributed by atoms with Crippen LogP contribution in [0.4, 0.5) is 0 Å². The number of hydrogen-bond donors (Lipinski definition) is 1. The maximum atomic E-state index is 5.91. The molecule has 292 valence electrons. The van der Waals surface area contributed by atoms with E-state index in [1.807, 2.05) is 41.5 Å². The summed E-state index contributed by atoms with van der Waals surface area (Å²) in [6.07, 6.45) is 7.56. The quantitative estimate of drug-likeness (QED) is 0.0597. The first-order chi connectivity index (χ1) is 23.1. The average molecular weight is 766 g/mol. The molecular formula is C31H75NO12Si4. The molecule has 0 fully saturated rings. The molecule has 0 aromatic rings. The summed E-state index contributed by atoms with van der Waals surface area (Å²) in [6, 6.07) is 3.41. The van der Waals surface area contributed by atoms with Gasteiger partial charge in [0.25, 0.3) is 0 Å². The van der Waals surface area contributed by atoms with Gasteiger partial charge in [0.2, 0.25) is 0 Å². The summed E-state index contributed by atoms with van der Waals surface area (Å²) in [4.78, 5) is 0. The highest BCUT2D eigenvalue weighted by atomic mass is 28.4. The first-order valence-electron chi connectivity index (χ1n) is 18.0. The predicted molar refractivity (Wildman–Crippen MR) is 199 cm³/mol. The lowest BCUT2D eigenvalue weighted by Gasteiger charge is -2.28. The summed E-state index contributed by atoms with van der Waals surface area (Å²) in [5, 5.41) is 3.39. The van der Waals surface area contributed by atoms with Crippen LogP contribution in [0.3, 0.4) is 0 Å². The summed E-state index contributed by atoms with van der Waals surface area (Å²) in [5.74, 6) is 0. The second-order valence-electron chi connectivity index (χ2n) is 10.8. The van der Waals surface area contributed by atoms with Crippen LogP contribution in [0.15, 0.2) is 0 Å². The minimum absolute atomic E-state index is 0.644. The van der Waals surface area contributed by atoms with Crippen molar-refractivity contribution in [3.05, 3.63) is 0 Å². The standard InChI is InChI=1S/C19H44O6Si2.C12H31NO6Si2/c1-7-20-26(21-8-2,22-9-3)18-16-14-13-15-17-19-27(23-10-4,24-11-5)25-12-6;1-14-20(15-2,16-3)11-7-9-13-10-8-12-21(17-4,18-5)19-6/h7-19H2,1-6H3;13H,7-12H2,1-6H3. The van der Waals surface area contributed by atoms with E-state index in [2.05, 4.69) is 5.32 Å². The first-order valence-corrected chi connectivity index (χ1v) is 25.7. The van der Waals surface area contributed by atoms with E-state index in [0.717, 1.165) is 75.8 Å². The highest BCUT2D eigenvalue weighted by Gasteiger charge is 2.41. The van der Waals surface area contributed by atoms with Crippen LogP contribution in [0.5, 0.6) is 0 Å². The average Bonchev–Trinajstić information content (AvgIpc) is 3.09. The largest absolute Gasteiger partial charge is 0.500 e. The SMILES string of the molecule is CCO[Si](CCCCCCC[Si](OCC)(OCC)OCC)(OCC)OCC.CO[Si](CCCNCCC[Si](OC)(OC)OC)(OC)OC. The van der Waals surface area contributed by atoms with E-state index in [1.165, 1.54) is 6.42 Å². The van der Waals surface area contributed by atoms with Crippen LogP contribution in [-0.2, 0) is 53.1 Å². The third-order valence-corrected chi connectivity index (χ3v) is 19.7. The van der Waals surface area contributed by atoms with Gasteiger partial charge in [-0.05, 0) is 80.3 Å². The normalized spacial score (nSPS) is 12.8. The molecule has 17 heteroatoms. The Hall–Kier alpha value is 0.348. The van der Waals surface area contributed by atoms with Gasteiger partial charge in [-0.25, -0.2) is 0 Å². The lowest BCUT2D eigenvalue weighted by molar-refractivity contribution is 0.0703. The van der Waals surface area contributed by atoms with Gasteiger partial charge in [-0.2, -0.15) is 0 Å². The molecular weight excluding hydrogens is 691 g/mol. The molecule has 13 nitrogen and oxygen atoms in total. The van der Waals surface area contributed by atoms with Crippen molar-refractivity contribution in [2.24, 2.45) is 0 Å². The van der Waals surface area contributed by atoms with E-state index < -0.39 is 35.2 Å². The third-order valence-electron chi connectivity index (χ3n) is 7.69. The van der Waals surface area contributed by atoms with Crippen LogP contribution < -0.4 is 5.32 Å². The molecule has 0 heterocycles. The summed E-state index contributed by atoms with van der Waals surface area (Å²) in [5.41, 5.74) is 0. The fraction of sp³-hybridized carbons (Fsp3) is 1.00. The maximum absolute atomic E-state index is 5.91. The third kappa shape index (κ3) is 21.7. The zero-order valence-corrected chi connectivity index (χ0v) is 36.8. The molecule has 0 amide bonds. The van der Waals surface area contributed by atoms with Crippen molar-refractivity contribution in [3.63, 3.8) is 0 Å². The van der Waals surface area contributed by atoms with Crippen LogP contribution in [0.1, 0.15) is 86.5 Å². The predicted octanol–water partition coefficient (Wildman–Crippen LogP) is 6.15. The molecule has 0 bridgehead atoms. The molecule has 0 spiro atoms. The Balaban J connectivity index is 0. The first kappa shape index (κ1) is 50.5. The smallest absolute Gasteiger partial charge is 0.377 e. The minimum Gasteiger partial charge on any atom is -0.377 e. The Bertz CT molecular complexity index is 593. The van der Waals surface area contributed by atoms with E-state index in [4.69, 9.17) is 53.1 Å². The Morgan fingerprint density at radius 2 is 0.542 bits per heavy atom. The van der Waals surface area contributed by atoms with Crippen molar-refractivity contribution in [1.82, 2.24) is 5.32 Å². The molecule has 0 aliphatic heterocycles. The summed E-state index contributed by atoms with van der Waals surface area (Å²) in [6.45, 7) is 17.7. The van der Waals surface area contributed by atoms with Gasteiger partial charge >= 0.3 is 35.2 Å². The highest BCUT2D eigenvalue weighted by molar-refractivity contribution is 6.61. The van der Waals surface area contributed by atoms with Crippen LogP contribution in [-0.4, -0.2) is 131 Å². The molecule has 0 rings (SSSR count). The second-order valence-corrected chi connectivity index (χ2v) is 22.4. The molecule has 0 atom stereocenters. The van der Waals surface area contributed by atoms with Crippen molar-refractivity contribution in [3.8, 4) is 0 Å². The van der Waals surface area contributed by atoms with Crippen LogP contribution in [0, 0.1) is 0 Å². The maximum Gasteiger partial charge on any atom is 0.500 e. The monoisotopic (exact) mass is 765 g/mol. The molecule has 0 unspecified atom stereocenters. The van der Waals surface area contributed by atoms with Gasteiger partial charge in [0.15, 0.2) is 0 Å². The Kier molecular flexibility index (Phi) is 33.7. The van der Waals surface area contributed by atoms with Crippen molar-refractivity contribution in [1.29, 1.82) is 0 Å². The topological polar surface area (TPSA) is 123 Å². The molecule has 48 heavy (non-hydrogen) atoms. The second kappa shape index (κ2) is 32.0. The molecule has 0 saturated carbocycles. The van der Waals surface area contributed by atoms with Gasteiger partial charge in [0, 0.05) is 106 Å². The Morgan fingerprint density at radius 1 is 0.312 bits per heavy atom. The van der Waals surface area contributed by atoms with Crippen LogP contribution in [0.2, 0.25) is 24.2 Å². The zero-order valence-electron chi connectivity index (χ0n) is 32.8. The molecule has 0 aromatic carbocycles. The fourth-order valence-corrected chi connectivity index (χ4v) is 14.1. The van der Waals surface area contributed by atoms with E-state index in [0.29, 0.717) is 39.6 Å². The summed E-state index contributed by atoms with van der Waals surface area (Å²) >= 11 is 0. The van der Waals surface area contributed by atoms with Gasteiger partial charge < -0.3 is 58.4 Å². The molecule has 0 aromatic heterocycles. The Morgan fingerprint density at radius 3 is 0.771 bits per heavy atom. The Labute approximate surface area is 299 Å². The fourth-order valence-electron chi connectivity index (χ4n) is 5.31. The number of hydrogen-bond acceptors (Lipinski definition) is 13. The van der Waals surface area contributed by atoms with Crippen molar-refractivity contribution in [2.75, 3.05) is 95.4 Å². The number of rotatable bonds is 34. The van der Waals surface area contributed by atoms with Gasteiger partial charge in [-0.1, -0.05) is 19.3 Å². The summed E-state index contributed by atoms with van der Waals surface area (Å²) in [7, 11) is 0.00503. The molecule has 0 saturated heterocycles. The van der Waals surface area contributed by atoms with Crippen LogP contribution >= 0.6 is 0 Å². The van der Waals surface area contributed by atoms with Gasteiger partial charge in [-0.3, -0.25) is 0 Å². The van der Waals surface area contributed by atoms with E-state index >= 15 is 0 Å². The number of nitrogens with one attached hydrogen (secondary N) is 1. The molecule has 0 aliphatic carbocycles. The van der Waals surface area contributed by atoms with Gasteiger partial charge in [-0.15, -0.1) is 0 Å². The summed E-state index contributed by atoms with van der Waals surface area (Å²) < 4.78 is 67.7. The van der Waals surface area contributed by atoms with Gasteiger partial charge in [0.05, 0.1) is 0 Å². The van der Waals surface area contributed by atoms with Crippen molar-refractivity contribution >= 4 is 35.2 Å². The van der Waals surface area contributed by atoms with E-state index in [1.54, 1.807) is 42.7 Å². The molecule has 0 radical (unpaired) electrons. The lowest BCUT2D eigenvalue weighted by atomic mass is 10.2. The van der Waals surface area contributed by atoms with Crippen molar-refractivity contribution in [2.45, 2.75) is 111 Å². The van der Waals surface area contributed by atoms with E-state index in [9.17, 15) is 0 Å². The minimum atomic E-state index is -2.48. The number of unbranched alkanes of at least 4 members (excludes halogenated alkanes) is 4. The zero-order chi connectivity index (χ0) is 36.6. The van der Waals surface area contributed by atoms with Crippen molar-refractivity contribution < 1.29 is 53.1 Å². The van der Waals surface area contributed by atoms with E-state index in [-0.39, 0.29) is 0 Å². The molecule has 0 aliphatic rings. The highest BCUT2D eigenvalue weighted by Crippen LogP contribution is 2.23. The lowest BCUT2D eigenvalue weighted by Crippen LogP contribution is -2.46. The molecule has 1 N–H and O–H groups in total.